The van der Waals surface area contributed by atoms with Gasteiger partial charge >= 0.3 is 0 Å². The number of aliphatic hydroxyl groups excluding tert-OH is 1. The van der Waals surface area contributed by atoms with Gasteiger partial charge < -0.3 is 14.6 Å². The van der Waals surface area contributed by atoms with Crippen LogP contribution in [0.15, 0.2) is 18.2 Å². The first-order chi connectivity index (χ1) is 8.63. The number of aliphatic hydroxyl groups is 1. The van der Waals surface area contributed by atoms with Gasteiger partial charge in [0.1, 0.15) is 11.6 Å². The molecule has 1 N–H and O–H groups in total. The van der Waals surface area contributed by atoms with Crippen molar-refractivity contribution in [2.24, 2.45) is 5.41 Å². The highest BCUT2D eigenvalue weighted by Gasteiger charge is 2.61. The molecule has 0 bridgehead atoms. The Bertz CT molecular complexity index is 462. The molecule has 2 aliphatic rings. The smallest absolute Gasteiger partial charge is 0.127 e. The van der Waals surface area contributed by atoms with Gasteiger partial charge in [-0.3, -0.25) is 0 Å². The Morgan fingerprint density at radius 3 is 2.22 bits per heavy atom. The van der Waals surface area contributed by atoms with E-state index >= 15 is 0 Å². The molecule has 0 aromatic heterocycles. The lowest BCUT2D eigenvalue weighted by atomic mass is 9.57. The Kier molecular flexibility index (Phi) is 2.66. The molecule has 18 heavy (non-hydrogen) atoms. The predicted molar refractivity (Wildman–Crippen MR) is 59.2 cm³/mol. The second-order valence-electron chi connectivity index (χ2n) is 5.13. The molecule has 5 heteroatoms. The molecule has 0 spiro atoms. The normalized spacial score (nSPS) is 24.2. The van der Waals surface area contributed by atoms with Gasteiger partial charge in [0.05, 0.1) is 43.9 Å². The van der Waals surface area contributed by atoms with Crippen LogP contribution in [0, 0.1) is 17.0 Å². The van der Waals surface area contributed by atoms with Crippen LogP contribution in [0.2, 0.25) is 0 Å². The zero-order valence-electron chi connectivity index (χ0n) is 9.79. The summed E-state index contributed by atoms with van der Waals surface area (Å²) in [5.74, 6) is -0.939. The van der Waals surface area contributed by atoms with Crippen molar-refractivity contribution in [3.05, 3.63) is 35.4 Å². The lowest BCUT2D eigenvalue weighted by Gasteiger charge is -2.58. The zero-order valence-corrected chi connectivity index (χ0v) is 9.79. The minimum absolute atomic E-state index is 0.119. The van der Waals surface area contributed by atoms with Gasteiger partial charge in [-0.05, 0) is 18.2 Å². The SMILES string of the molecule is OCC1(C2(c3cc(F)ccc3F)COC2)COC1. The van der Waals surface area contributed by atoms with Crippen molar-refractivity contribution in [3.63, 3.8) is 0 Å². The van der Waals surface area contributed by atoms with Crippen molar-refractivity contribution in [3.8, 4) is 0 Å². The molecule has 3 rings (SSSR count). The molecule has 0 aliphatic carbocycles. The molecule has 0 atom stereocenters. The van der Waals surface area contributed by atoms with Gasteiger partial charge in [-0.15, -0.1) is 0 Å². The van der Waals surface area contributed by atoms with Crippen molar-refractivity contribution < 1.29 is 23.4 Å². The summed E-state index contributed by atoms with van der Waals surface area (Å²) in [4.78, 5) is 0. The van der Waals surface area contributed by atoms with E-state index < -0.39 is 22.5 Å². The molecular weight excluding hydrogens is 242 g/mol. The summed E-state index contributed by atoms with van der Waals surface area (Å²) in [6, 6.07) is 3.41. The van der Waals surface area contributed by atoms with Crippen molar-refractivity contribution >= 4 is 0 Å². The summed E-state index contributed by atoms with van der Waals surface area (Å²) >= 11 is 0. The average Bonchev–Trinajstić information content (AvgIpc) is 2.25. The van der Waals surface area contributed by atoms with Gasteiger partial charge in [0.15, 0.2) is 0 Å². The highest BCUT2D eigenvalue weighted by molar-refractivity contribution is 5.35. The van der Waals surface area contributed by atoms with Crippen LogP contribution >= 0.6 is 0 Å². The van der Waals surface area contributed by atoms with E-state index in [1.807, 2.05) is 0 Å². The third-order valence-electron chi connectivity index (χ3n) is 4.22. The molecule has 2 heterocycles. The average molecular weight is 256 g/mol. The molecule has 2 saturated heterocycles. The zero-order chi connectivity index (χ0) is 12.8. The Balaban J connectivity index is 2.08. The van der Waals surface area contributed by atoms with E-state index in [1.54, 1.807) is 0 Å². The van der Waals surface area contributed by atoms with E-state index in [9.17, 15) is 13.9 Å². The lowest BCUT2D eigenvalue weighted by Crippen LogP contribution is -2.68. The van der Waals surface area contributed by atoms with Crippen molar-refractivity contribution in [2.75, 3.05) is 33.0 Å². The molecule has 1 aromatic carbocycles. The van der Waals surface area contributed by atoms with E-state index in [-0.39, 0.29) is 25.4 Å². The van der Waals surface area contributed by atoms with Crippen LogP contribution in [0.1, 0.15) is 5.56 Å². The van der Waals surface area contributed by atoms with Crippen molar-refractivity contribution in [2.45, 2.75) is 5.41 Å². The highest BCUT2D eigenvalue weighted by Crippen LogP contribution is 2.52. The Labute approximate surface area is 103 Å². The third kappa shape index (κ3) is 1.38. The van der Waals surface area contributed by atoms with Crippen LogP contribution in [0.25, 0.3) is 0 Å². The topological polar surface area (TPSA) is 38.7 Å². The molecule has 0 amide bonds. The van der Waals surface area contributed by atoms with Crippen LogP contribution in [0.5, 0.6) is 0 Å². The summed E-state index contributed by atoms with van der Waals surface area (Å²) < 4.78 is 37.7. The molecule has 2 aliphatic heterocycles. The van der Waals surface area contributed by atoms with Gasteiger partial charge in [0.25, 0.3) is 0 Å². The first-order valence-corrected chi connectivity index (χ1v) is 5.85. The fourth-order valence-electron chi connectivity index (χ4n) is 2.79. The summed E-state index contributed by atoms with van der Waals surface area (Å²) in [5.41, 5.74) is -0.947. The minimum Gasteiger partial charge on any atom is -0.396 e. The van der Waals surface area contributed by atoms with E-state index in [0.717, 1.165) is 12.1 Å². The van der Waals surface area contributed by atoms with E-state index in [4.69, 9.17) is 9.47 Å². The fraction of sp³-hybridized carbons (Fsp3) is 0.538. The Hall–Kier alpha value is -1.04. The third-order valence-corrected chi connectivity index (χ3v) is 4.22. The maximum Gasteiger partial charge on any atom is 0.127 e. The summed E-state index contributed by atoms with van der Waals surface area (Å²) in [6.07, 6.45) is 0. The number of halogens is 2. The van der Waals surface area contributed by atoms with Gasteiger partial charge in [-0.2, -0.15) is 0 Å². The van der Waals surface area contributed by atoms with E-state index in [2.05, 4.69) is 0 Å². The van der Waals surface area contributed by atoms with Gasteiger partial charge in [0.2, 0.25) is 0 Å². The molecule has 3 nitrogen and oxygen atoms in total. The molecular formula is C13H14F2O3. The molecule has 1 aromatic rings. The van der Waals surface area contributed by atoms with Gasteiger partial charge in [-0.1, -0.05) is 0 Å². The Morgan fingerprint density at radius 1 is 1.11 bits per heavy atom. The lowest BCUT2D eigenvalue weighted by molar-refractivity contribution is -0.243. The monoisotopic (exact) mass is 256 g/mol. The quantitative estimate of drug-likeness (QED) is 0.884. The minimum atomic E-state index is -0.674. The van der Waals surface area contributed by atoms with Crippen LogP contribution in [-0.4, -0.2) is 38.1 Å². The molecule has 0 unspecified atom stereocenters. The van der Waals surface area contributed by atoms with E-state index in [1.165, 1.54) is 6.07 Å². The number of hydrogen-bond acceptors (Lipinski definition) is 3. The molecule has 0 radical (unpaired) electrons. The standard InChI is InChI=1S/C13H14F2O3/c14-9-1-2-11(15)10(3-9)13(7-18-8-13)12(4-16)5-17-6-12/h1-3,16H,4-8H2. The second kappa shape index (κ2) is 3.98. The molecule has 0 saturated carbocycles. The summed E-state index contributed by atoms with van der Waals surface area (Å²) in [5, 5.41) is 9.61. The summed E-state index contributed by atoms with van der Waals surface area (Å²) in [7, 11) is 0. The first kappa shape index (κ1) is 12.0. The van der Waals surface area contributed by atoms with Gasteiger partial charge in [-0.25, -0.2) is 8.78 Å². The van der Waals surface area contributed by atoms with Gasteiger partial charge in [0, 0.05) is 5.56 Å². The second-order valence-corrected chi connectivity index (χ2v) is 5.13. The van der Waals surface area contributed by atoms with Crippen LogP contribution < -0.4 is 0 Å². The number of rotatable bonds is 3. The van der Waals surface area contributed by atoms with Crippen molar-refractivity contribution in [1.82, 2.24) is 0 Å². The van der Waals surface area contributed by atoms with E-state index in [0.29, 0.717) is 13.2 Å². The number of ether oxygens (including phenoxy) is 2. The molecule has 2 fully saturated rings. The van der Waals surface area contributed by atoms with Crippen LogP contribution in [-0.2, 0) is 14.9 Å². The molecule has 98 valence electrons. The maximum absolute atomic E-state index is 14.0. The fourth-order valence-corrected chi connectivity index (χ4v) is 2.79. The predicted octanol–water partition coefficient (Wildman–Crippen LogP) is 1.24. The first-order valence-electron chi connectivity index (χ1n) is 5.85. The van der Waals surface area contributed by atoms with Crippen molar-refractivity contribution in [1.29, 1.82) is 0 Å². The summed E-state index contributed by atoms with van der Waals surface area (Å²) in [6.45, 7) is 1.16. The van der Waals surface area contributed by atoms with Crippen LogP contribution in [0.3, 0.4) is 0 Å². The largest absolute Gasteiger partial charge is 0.396 e. The number of benzene rings is 1. The highest BCUT2D eigenvalue weighted by atomic mass is 19.1. The maximum atomic E-state index is 14.0. The Morgan fingerprint density at radius 2 is 1.78 bits per heavy atom. The van der Waals surface area contributed by atoms with Crippen LogP contribution in [0.4, 0.5) is 8.78 Å². The number of hydrogen-bond donors (Lipinski definition) is 1.